The number of nitrogens with one attached hydrogen (secondary N) is 1. The Hall–Kier alpha value is -3.94. The third-order valence-corrected chi connectivity index (χ3v) is 6.37. The molecule has 0 radical (unpaired) electrons. The minimum absolute atomic E-state index is 0.219. The van der Waals surface area contributed by atoms with E-state index in [-0.39, 0.29) is 17.1 Å². The Bertz CT molecular complexity index is 1170. The minimum Gasteiger partial charge on any atom is -0.504 e. The van der Waals surface area contributed by atoms with E-state index in [9.17, 15) is 14.7 Å². The maximum absolute atomic E-state index is 12.2. The van der Waals surface area contributed by atoms with E-state index < -0.39 is 18.4 Å². The number of carbonyl (C=O) groups is 2. The number of hydrogen-bond donors (Lipinski definition) is 3. The number of carboxylic acids is 1. The van der Waals surface area contributed by atoms with Crippen molar-refractivity contribution in [2.24, 2.45) is 5.92 Å². The molecule has 1 aliphatic rings. The fourth-order valence-electron chi connectivity index (χ4n) is 4.45. The molecule has 35 heavy (non-hydrogen) atoms. The quantitative estimate of drug-likeness (QED) is 0.458. The number of aliphatic carboxylic acids is 1. The van der Waals surface area contributed by atoms with Crippen LogP contribution in [0.3, 0.4) is 0 Å². The summed E-state index contributed by atoms with van der Waals surface area (Å²) in [5.41, 5.74) is 3.62. The van der Waals surface area contributed by atoms with Crippen molar-refractivity contribution in [1.82, 2.24) is 15.3 Å². The van der Waals surface area contributed by atoms with E-state index in [4.69, 9.17) is 5.11 Å². The second kappa shape index (κ2) is 11.0. The van der Waals surface area contributed by atoms with Crippen molar-refractivity contribution in [3.05, 3.63) is 82.9 Å². The van der Waals surface area contributed by atoms with Crippen molar-refractivity contribution in [2.45, 2.75) is 32.6 Å². The maximum Gasteiger partial charge on any atom is 0.322 e. The van der Waals surface area contributed by atoms with Gasteiger partial charge in [0.1, 0.15) is 12.4 Å². The first kappa shape index (κ1) is 24.2. The summed E-state index contributed by atoms with van der Waals surface area (Å²) in [6.45, 7) is 3.10. The molecular weight excluding hydrogens is 444 g/mol. The first-order chi connectivity index (χ1) is 16.9. The molecule has 2 heterocycles. The Morgan fingerprint density at radius 1 is 1.00 bits per heavy atom. The molecule has 1 saturated heterocycles. The average molecular weight is 475 g/mol. The molecule has 0 saturated carbocycles. The second-order valence-corrected chi connectivity index (χ2v) is 8.96. The first-order valence-electron chi connectivity index (χ1n) is 11.8. The SMILES string of the molecule is Cc1nc(Cc2ccc(N3CCC(Cc4ccccc4)CC3)cc2)nc(C(=O)NCC(=O)O)c1O. The molecule has 0 spiro atoms. The van der Waals surface area contributed by atoms with E-state index in [0.717, 1.165) is 25.1 Å². The Labute approximate surface area is 204 Å². The molecule has 3 aromatic rings. The largest absolute Gasteiger partial charge is 0.504 e. The van der Waals surface area contributed by atoms with Gasteiger partial charge in [0.25, 0.3) is 5.91 Å². The van der Waals surface area contributed by atoms with Gasteiger partial charge in [-0.3, -0.25) is 9.59 Å². The van der Waals surface area contributed by atoms with Gasteiger partial charge in [0.2, 0.25) is 0 Å². The molecule has 4 rings (SSSR count). The molecule has 1 fully saturated rings. The molecule has 2 aromatic carbocycles. The number of aromatic hydroxyl groups is 1. The number of amides is 1. The third kappa shape index (κ3) is 6.35. The fourth-order valence-corrected chi connectivity index (χ4v) is 4.45. The monoisotopic (exact) mass is 474 g/mol. The van der Waals surface area contributed by atoms with E-state index in [2.05, 4.69) is 62.6 Å². The number of rotatable bonds is 8. The molecule has 3 N–H and O–H groups in total. The van der Waals surface area contributed by atoms with Gasteiger partial charge < -0.3 is 20.4 Å². The zero-order valence-electron chi connectivity index (χ0n) is 19.8. The summed E-state index contributed by atoms with van der Waals surface area (Å²) in [6, 6.07) is 18.9. The second-order valence-electron chi connectivity index (χ2n) is 8.96. The Morgan fingerprint density at radius 3 is 2.34 bits per heavy atom. The van der Waals surface area contributed by atoms with Gasteiger partial charge in [-0.1, -0.05) is 42.5 Å². The number of aryl methyl sites for hydroxylation is 1. The number of carbonyl (C=O) groups excluding carboxylic acids is 1. The van der Waals surface area contributed by atoms with Crippen LogP contribution in [0.4, 0.5) is 5.69 Å². The van der Waals surface area contributed by atoms with Gasteiger partial charge in [-0.2, -0.15) is 0 Å². The molecule has 182 valence electrons. The summed E-state index contributed by atoms with van der Waals surface area (Å²) < 4.78 is 0. The molecule has 1 amide bonds. The van der Waals surface area contributed by atoms with E-state index in [0.29, 0.717) is 18.2 Å². The predicted octanol–water partition coefficient (Wildman–Crippen LogP) is 3.35. The average Bonchev–Trinajstić information content (AvgIpc) is 2.86. The zero-order valence-corrected chi connectivity index (χ0v) is 19.8. The maximum atomic E-state index is 12.2. The summed E-state index contributed by atoms with van der Waals surface area (Å²) in [5, 5.41) is 21.1. The van der Waals surface area contributed by atoms with Crippen LogP contribution in [0.15, 0.2) is 54.6 Å². The van der Waals surface area contributed by atoms with Crippen LogP contribution in [0.1, 0.15) is 46.0 Å². The summed E-state index contributed by atoms with van der Waals surface area (Å²) in [5.74, 6) is -1.17. The minimum atomic E-state index is -1.18. The van der Waals surface area contributed by atoms with Crippen LogP contribution < -0.4 is 10.2 Å². The van der Waals surface area contributed by atoms with Crippen LogP contribution in [-0.4, -0.2) is 51.7 Å². The molecular formula is C27H30N4O4. The Morgan fingerprint density at radius 2 is 1.69 bits per heavy atom. The lowest BCUT2D eigenvalue weighted by molar-refractivity contribution is -0.135. The van der Waals surface area contributed by atoms with Crippen molar-refractivity contribution in [2.75, 3.05) is 24.5 Å². The number of piperidine rings is 1. The van der Waals surface area contributed by atoms with Crippen LogP contribution in [0, 0.1) is 12.8 Å². The smallest absolute Gasteiger partial charge is 0.322 e. The third-order valence-electron chi connectivity index (χ3n) is 6.37. The van der Waals surface area contributed by atoms with Gasteiger partial charge in [-0.15, -0.1) is 0 Å². The molecule has 0 bridgehead atoms. The molecule has 8 nitrogen and oxygen atoms in total. The number of nitrogens with zero attached hydrogens (tertiary/aromatic N) is 3. The first-order valence-corrected chi connectivity index (χ1v) is 11.8. The normalized spacial score (nSPS) is 14.0. The zero-order chi connectivity index (χ0) is 24.8. The van der Waals surface area contributed by atoms with Crippen LogP contribution in [-0.2, 0) is 17.6 Å². The molecule has 1 aromatic heterocycles. The van der Waals surface area contributed by atoms with E-state index in [1.54, 1.807) is 6.92 Å². The lowest BCUT2D eigenvalue weighted by Gasteiger charge is -2.33. The van der Waals surface area contributed by atoms with Gasteiger partial charge in [0.15, 0.2) is 11.4 Å². The van der Waals surface area contributed by atoms with E-state index in [1.165, 1.54) is 24.1 Å². The number of anilines is 1. The number of hydrogen-bond acceptors (Lipinski definition) is 6. The van der Waals surface area contributed by atoms with Crippen molar-refractivity contribution < 1.29 is 19.8 Å². The number of aromatic nitrogens is 2. The van der Waals surface area contributed by atoms with Crippen molar-refractivity contribution in [1.29, 1.82) is 0 Å². The molecule has 1 aliphatic heterocycles. The Balaban J connectivity index is 1.36. The summed E-state index contributed by atoms with van der Waals surface area (Å²) in [6.07, 6.45) is 3.86. The highest BCUT2D eigenvalue weighted by molar-refractivity contribution is 5.96. The standard InChI is InChI=1S/C27H30N4O4/c1-18-26(34)25(27(35)28-17-24(32)33)30-23(29-18)16-20-7-9-22(10-8-20)31-13-11-21(12-14-31)15-19-5-3-2-4-6-19/h2-10,21,34H,11-17H2,1H3,(H,28,35)(H,32,33). The summed E-state index contributed by atoms with van der Waals surface area (Å²) in [7, 11) is 0. The molecule has 8 heteroatoms. The van der Waals surface area contributed by atoms with Crippen molar-refractivity contribution in [3.63, 3.8) is 0 Å². The number of carboxylic acid groups (broad SMARTS) is 1. The van der Waals surface area contributed by atoms with E-state index >= 15 is 0 Å². The van der Waals surface area contributed by atoms with Crippen LogP contribution >= 0.6 is 0 Å². The summed E-state index contributed by atoms with van der Waals surface area (Å²) >= 11 is 0. The van der Waals surface area contributed by atoms with Gasteiger partial charge in [-0.05, 0) is 55.4 Å². The van der Waals surface area contributed by atoms with Gasteiger partial charge in [-0.25, -0.2) is 9.97 Å². The van der Waals surface area contributed by atoms with Crippen LogP contribution in [0.25, 0.3) is 0 Å². The molecule has 0 aliphatic carbocycles. The van der Waals surface area contributed by atoms with Crippen molar-refractivity contribution >= 4 is 17.6 Å². The van der Waals surface area contributed by atoms with Crippen LogP contribution in [0.5, 0.6) is 5.75 Å². The lowest BCUT2D eigenvalue weighted by Crippen LogP contribution is -2.34. The van der Waals surface area contributed by atoms with Gasteiger partial charge >= 0.3 is 5.97 Å². The highest BCUT2D eigenvalue weighted by Gasteiger charge is 2.21. The van der Waals surface area contributed by atoms with Crippen LogP contribution in [0.2, 0.25) is 0 Å². The van der Waals surface area contributed by atoms with E-state index in [1.807, 2.05) is 12.1 Å². The van der Waals surface area contributed by atoms with Gasteiger partial charge in [0, 0.05) is 25.2 Å². The summed E-state index contributed by atoms with van der Waals surface area (Å²) in [4.78, 5) is 33.8. The molecule has 0 unspecified atom stereocenters. The topological polar surface area (TPSA) is 116 Å². The highest BCUT2D eigenvalue weighted by Crippen LogP contribution is 2.26. The number of benzene rings is 2. The van der Waals surface area contributed by atoms with Crippen molar-refractivity contribution in [3.8, 4) is 5.75 Å². The molecule has 0 atom stereocenters. The predicted molar refractivity (Wildman–Crippen MR) is 133 cm³/mol. The Kier molecular flexibility index (Phi) is 7.60. The highest BCUT2D eigenvalue weighted by atomic mass is 16.4. The van der Waals surface area contributed by atoms with Gasteiger partial charge in [0.05, 0.1) is 5.69 Å². The fraction of sp³-hybridized carbons (Fsp3) is 0.333. The lowest BCUT2D eigenvalue weighted by atomic mass is 9.90.